The molecule has 6 nitrogen and oxygen atoms in total. The summed E-state index contributed by atoms with van der Waals surface area (Å²) in [7, 11) is 0. The van der Waals surface area contributed by atoms with Crippen molar-refractivity contribution >= 4 is 45.2 Å². The molecule has 0 aliphatic carbocycles. The summed E-state index contributed by atoms with van der Waals surface area (Å²) < 4.78 is 0. The Morgan fingerprint density at radius 1 is 0.704 bits per heavy atom. The largest absolute Gasteiger partial charge is 0.481 e. The van der Waals surface area contributed by atoms with E-state index in [2.05, 4.69) is 56.3 Å². The van der Waals surface area contributed by atoms with Gasteiger partial charge in [0, 0.05) is 48.1 Å². The predicted molar refractivity (Wildman–Crippen MR) is 107 cm³/mol. The number of carbonyl (C=O) groups is 3. The molecule has 0 spiro atoms. The molecule has 0 bridgehead atoms. The summed E-state index contributed by atoms with van der Waals surface area (Å²) in [5, 5.41) is 22.2. The normalized spacial score (nSPS) is 8.04. The molecule has 2 rings (SSSR count). The summed E-state index contributed by atoms with van der Waals surface area (Å²) >= 11 is 0. The first-order valence-corrected chi connectivity index (χ1v) is 7.68. The van der Waals surface area contributed by atoms with Gasteiger partial charge >= 0.3 is 0 Å². The standard InChI is InChI=1S/C14H14.3C2H4O2.Pb/c1-11-8-9-14(12(2)10-11)13-6-4-3-5-7-13;3*1-2(3)4;/h3-10H,1-2H3;3*1H3,(H,3,4);. The van der Waals surface area contributed by atoms with Crippen LogP contribution in [-0.2, 0) is 14.4 Å². The van der Waals surface area contributed by atoms with Gasteiger partial charge in [0.15, 0.2) is 0 Å². The van der Waals surface area contributed by atoms with Crippen LogP contribution in [0, 0.1) is 13.8 Å². The monoisotopic (exact) mass is 570 g/mol. The second-order valence-electron chi connectivity index (χ2n) is 5.24. The summed E-state index contributed by atoms with van der Waals surface area (Å²) in [6, 6.07) is 17.1. The van der Waals surface area contributed by atoms with Crippen molar-refractivity contribution in [1.29, 1.82) is 0 Å². The Kier molecular flexibility index (Phi) is 18.8. The van der Waals surface area contributed by atoms with Crippen LogP contribution < -0.4 is 0 Å². The van der Waals surface area contributed by atoms with Crippen LogP contribution in [0.4, 0.5) is 0 Å². The van der Waals surface area contributed by atoms with Crippen molar-refractivity contribution < 1.29 is 29.7 Å². The third-order valence-corrected chi connectivity index (χ3v) is 2.47. The molecule has 0 fully saturated rings. The van der Waals surface area contributed by atoms with Crippen molar-refractivity contribution in [3.05, 3.63) is 59.7 Å². The van der Waals surface area contributed by atoms with Crippen LogP contribution in [0.25, 0.3) is 11.1 Å². The van der Waals surface area contributed by atoms with Crippen LogP contribution >= 0.6 is 0 Å². The molecule has 0 saturated heterocycles. The summed E-state index contributed by atoms with van der Waals surface area (Å²) in [5.41, 5.74) is 5.29. The van der Waals surface area contributed by atoms with Crippen molar-refractivity contribution in [3.63, 3.8) is 0 Å². The number of benzene rings is 2. The van der Waals surface area contributed by atoms with Crippen LogP contribution in [0.3, 0.4) is 0 Å². The second-order valence-corrected chi connectivity index (χ2v) is 5.24. The number of aryl methyl sites for hydroxylation is 2. The van der Waals surface area contributed by atoms with Gasteiger partial charge in [-0.1, -0.05) is 54.1 Å². The molecule has 2 aromatic carbocycles. The molecule has 0 unspecified atom stereocenters. The SMILES string of the molecule is CC(=O)O.CC(=O)O.CC(=O)O.Cc1ccc(-c2ccccc2)c(C)c1.[Pb]. The topological polar surface area (TPSA) is 112 Å². The molecule has 0 aliphatic rings. The van der Waals surface area contributed by atoms with Gasteiger partial charge in [-0.3, -0.25) is 14.4 Å². The Morgan fingerprint density at radius 2 is 1.07 bits per heavy atom. The molecule has 2 aromatic rings. The summed E-state index contributed by atoms with van der Waals surface area (Å²) in [4.78, 5) is 27.0. The van der Waals surface area contributed by atoms with Gasteiger partial charge in [-0.2, -0.15) is 0 Å². The fourth-order valence-electron chi connectivity index (χ4n) is 1.76. The van der Waals surface area contributed by atoms with Crippen molar-refractivity contribution in [1.82, 2.24) is 0 Å². The van der Waals surface area contributed by atoms with E-state index in [-0.39, 0.29) is 27.3 Å². The van der Waals surface area contributed by atoms with Gasteiger partial charge in [0.25, 0.3) is 17.9 Å². The van der Waals surface area contributed by atoms with Crippen molar-refractivity contribution in [2.75, 3.05) is 0 Å². The van der Waals surface area contributed by atoms with Gasteiger partial charge in [0.05, 0.1) is 0 Å². The van der Waals surface area contributed by atoms with Gasteiger partial charge in [-0.25, -0.2) is 0 Å². The number of carboxylic acid groups (broad SMARTS) is 3. The number of carboxylic acids is 3. The van der Waals surface area contributed by atoms with Crippen molar-refractivity contribution in [2.24, 2.45) is 0 Å². The Labute approximate surface area is 180 Å². The summed E-state index contributed by atoms with van der Waals surface area (Å²) in [6.45, 7) is 7.54. The Bertz CT molecular complexity index is 658. The van der Waals surface area contributed by atoms with E-state index < -0.39 is 17.9 Å². The second kappa shape index (κ2) is 17.2. The minimum absolute atomic E-state index is 0. The number of hydrogen-bond acceptors (Lipinski definition) is 3. The Hall–Kier alpha value is -2.23. The maximum Gasteiger partial charge on any atom is 0.300 e. The first-order valence-electron chi connectivity index (χ1n) is 7.68. The molecular weight excluding hydrogens is 543 g/mol. The van der Waals surface area contributed by atoms with E-state index in [0.717, 1.165) is 20.8 Å². The van der Waals surface area contributed by atoms with Crippen molar-refractivity contribution in [2.45, 2.75) is 34.6 Å². The zero-order valence-corrected chi connectivity index (χ0v) is 20.1. The predicted octanol–water partition coefficient (Wildman–Crippen LogP) is 3.86. The minimum Gasteiger partial charge on any atom is -0.481 e. The van der Waals surface area contributed by atoms with E-state index in [1.165, 1.54) is 22.3 Å². The first-order chi connectivity index (χ1) is 12.0. The molecule has 4 radical (unpaired) electrons. The molecule has 0 aromatic heterocycles. The van der Waals surface area contributed by atoms with E-state index in [1.54, 1.807) is 0 Å². The van der Waals surface area contributed by atoms with Gasteiger partial charge in [-0.05, 0) is 30.5 Å². The van der Waals surface area contributed by atoms with Crippen LogP contribution in [0.1, 0.15) is 31.9 Å². The molecule has 0 aliphatic heterocycles. The van der Waals surface area contributed by atoms with Crippen LogP contribution in [0.15, 0.2) is 48.5 Å². The molecular formula is C20H26O6Pb. The fourth-order valence-corrected chi connectivity index (χ4v) is 1.76. The average molecular weight is 570 g/mol. The molecule has 0 amide bonds. The molecule has 0 saturated carbocycles. The number of hydrogen-bond donors (Lipinski definition) is 3. The van der Waals surface area contributed by atoms with E-state index in [9.17, 15) is 0 Å². The zero-order chi connectivity index (χ0) is 20.7. The van der Waals surface area contributed by atoms with E-state index in [1.807, 2.05) is 6.07 Å². The summed E-state index contributed by atoms with van der Waals surface area (Å²) in [5.74, 6) is -2.50. The maximum atomic E-state index is 9.00. The smallest absolute Gasteiger partial charge is 0.300 e. The zero-order valence-electron chi connectivity index (χ0n) is 16.2. The fraction of sp³-hybridized carbons (Fsp3) is 0.250. The molecule has 3 N–H and O–H groups in total. The van der Waals surface area contributed by atoms with Crippen LogP contribution in [0.2, 0.25) is 0 Å². The third-order valence-electron chi connectivity index (χ3n) is 2.47. The minimum atomic E-state index is -0.833. The van der Waals surface area contributed by atoms with E-state index in [0.29, 0.717) is 0 Å². The van der Waals surface area contributed by atoms with Gasteiger partial charge in [0.1, 0.15) is 0 Å². The molecule has 0 atom stereocenters. The van der Waals surface area contributed by atoms with Crippen LogP contribution in [-0.4, -0.2) is 60.5 Å². The quantitative estimate of drug-likeness (QED) is 0.450. The summed E-state index contributed by atoms with van der Waals surface area (Å²) in [6.07, 6.45) is 0. The molecule has 27 heavy (non-hydrogen) atoms. The van der Waals surface area contributed by atoms with Crippen LogP contribution in [0.5, 0.6) is 0 Å². The Morgan fingerprint density at radius 3 is 1.41 bits per heavy atom. The molecule has 7 heteroatoms. The molecule has 146 valence electrons. The number of rotatable bonds is 1. The van der Waals surface area contributed by atoms with Gasteiger partial charge < -0.3 is 15.3 Å². The van der Waals surface area contributed by atoms with E-state index in [4.69, 9.17) is 29.7 Å². The third kappa shape index (κ3) is 21.7. The first kappa shape index (κ1) is 29.5. The Balaban J connectivity index is -0.000000371. The average Bonchev–Trinajstić information content (AvgIpc) is 2.46. The maximum absolute atomic E-state index is 9.00. The number of aliphatic carboxylic acids is 3. The van der Waals surface area contributed by atoms with Crippen molar-refractivity contribution in [3.8, 4) is 11.1 Å². The molecule has 0 heterocycles. The van der Waals surface area contributed by atoms with E-state index >= 15 is 0 Å². The van der Waals surface area contributed by atoms with Gasteiger partial charge in [0.2, 0.25) is 0 Å². The van der Waals surface area contributed by atoms with Gasteiger partial charge in [-0.15, -0.1) is 0 Å².